The molecule has 170 valence electrons. The van der Waals surface area contributed by atoms with Crippen LogP contribution in [-0.4, -0.2) is 47.8 Å². The number of fused-ring (bicyclic) bond motifs is 1. The third-order valence-electron chi connectivity index (χ3n) is 5.42. The molecule has 3 rings (SSSR count). The molecule has 2 atom stereocenters. The van der Waals surface area contributed by atoms with Gasteiger partial charge in [0.1, 0.15) is 5.82 Å². The van der Waals surface area contributed by atoms with Gasteiger partial charge in [-0.1, -0.05) is 0 Å². The van der Waals surface area contributed by atoms with Crippen molar-refractivity contribution in [1.29, 1.82) is 0 Å². The summed E-state index contributed by atoms with van der Waals surface area (Å²) in [6.45, 7) is 1.63. The van der Waals surface area contributed by atoms with Gasteiger partial charge >= 0.3 is 0 Å². The Bertz CT molecular complexity index is 1150. The molecule has 2 aromatic rings. The Morgan fingerprint density at radius 3 is 2.84 bits per heavy atom. The molecule has 1 aromatic heterocycles. The van der Waals surface area contributed by atoms with Crippen LogP contribution in [0.15, 0.2) is 27.7 Å². The van der Waals surface area contributed by atoms with Crippen molar-refractivity contribution in [1.82, 2.24) is 15.0 Å². The fraction of sp³-hybridized carbons (Fsp3) is 0.526. The number of ether oxygens (including phenoxy) is 1. The molecule has 1 amide bonds. The fourth-order valence-electron chi connectivity index (χ4n) is 3.15. The quantitative estimate of drug-likeness (QED) is 0.556. The summed E-state index contributed by atoms with van der Waals surface area (Å²) in [5.74, 6) is -1.48. The van der Waals surface area contributed by atoms with Crippen LogP contribution >= 0.6 is 15.9 Å². The second-order valence-corrected chi connectivity index (χ2v) is 10.9. The normalized spacial score (nSPS) is 19.2. The molecule has 2 unspecified atom stereocenters. The van der Waals surface area contributed by atoms with Crippen LogP contribution in [0.25, 0.3) is 10.9 Å². The van der Waals surface area contributed by atoms with E-state index in [2.05, 4.69) is 26.4 Å². The number of halogens is 2. The molecule has 1 saturated heterocycles. The number of nitrogens with zero attached hydrogens (tertiary/aromatic N) is 2. The summed E-state index contributed by atoms with van der Waals surface area (Å²) in [5.41, 5.74) is 1.94. The first kappa shape index (κ1) is 23.8. The van der Waals surface area contributed by atoms with Crippen molar-refractivity contribution < 1.29 is 27.2 Å². The maximum absolute atomic E-state index is 13.9. The summed E-state index contributed by atoms with van der Waals surface area (Å²) in [7, 11) is -3.89. The van der Waals surface area contributed by atoms with E-state index in [1.807, 2.05) is 0 Å². The SMILES string of the molecule is CC(CCn1cnc2cc(Br)c(F)cc2c1=O)(C(=O)NOC1CCCCO1)S(C)(=O)=O. The van der Waals surface area contributed by atoms with E-state index in [-0.39, 0.29) is 22.8 Å². The number of hydroxylamine groups is 1. The van der Waals surface area contributed by atoms with Crippen LogP contribution in [0.2, 0.25) is 0 Å². The van der Waals surface area contributed by atoms with E-state index in [0.29, 0.717) is 18.5 Å². The Morgan fingerprint density at radius 1 is 1.45 bits per heavy atom. The van der Waals surface area contributed by atoms with Gasteiger partial charge in [0.2, 0.25) is 0 Å². The zero-order valence-electron chi connectivity index (χ0n) is 17.1. The van der Waals surface area contributed by atoms with Crippen molar-refractivity contribution in [3.8, 4) is 0 Å². The zero-order chi connectivity index (χ0) is 22.8. The van der Waals surface area contributed by atoms with Crippen molar-refractivity contribution >= 4 is 42.6 Å². The number of nitrogens with one attached hydrogen (secondary N) is 1. The molecule has 2 heterocycles. The van der Waals surface area contributed by atoms with Gasteiger partial charge in [-0.05, 0) is 54.2 Å². The summed E-state index contributed by atoms with van der Waals surface area (Å²) in [6, 6.07) is 2.45. The summed E-state index contributed by atoms with van der Waals surface area (Å²) < 4.78 is 43.5. The third-order valence-corrected chi connectivity index (χ3v) is 8.05. The average molecular weight is 520 g/mol. The van der Waals surface area contributed by atoms with Gasteiger partial charge in [-0.2, -0.15) is 0 Å². The number of hydrogen-bond acceptors (Lipinski definition) is 7. The Balaban J connectivity index is 1.79. The monoisotopic (exact) mass is 519 g/mol. The number of aryl methyl sites for hydroxylation is 1. The smallest absolute Gasteiger partial charge is 0.264 e. The predicted molar refractivity (Wildman–Crippen MR) is 114 cm³/mol. The summed E-state index contributed by atoms with van der Waals surface area (Å²) >= 11 is 3.04. The van der Waals surface area contributed by atoms with Gasteiger partial charge < -0.3 is 4.74 Å². The fourth-order valence-corrected chi connectivity index (χ4v) is 4.32. The Hall–Kier alpha value is -1.89. The predicted octanol–water partition coefficient (Wildman–Crippen LogP) is 2.07. The maximum Gasteiger partial charge on any atom is 0.264 e. The molecular weight excluding hydrogens is 497 g/mol. The van der Waals surface area contributed by atoms with Crippen molar-refractivity contribution in [2.24, 2.45) is 0 Å². The summed E-state index contributed by atoms with van der Waals surface area (Å²) in [5, 5.41) is 0.0477. The van der Waals surface area contributed by atoms with Crippen LogP contribution in [0.4, 0.5) is 4.39 Å². The zero-order valence-corrected chi connectivity index (χ0v) is 19.5. The van der Waals surface area contributed by atoms with Crippen molar-refractivity contribution in [2.75, 3.05) is 12.9 Å². The number of aromatic nitrogens is 2. The van der Waals surface area contributed by atoms with Crippen LogP contribution in [0.5, 0.6) is 0 Å². The molecular formula is C19H23BrFN3O6S. The minimum absolute atomic E-state index is 0.0477. The largest absolute Gasteiger partial charge is 0.350 e. The van der Waals surface area contributed by atoms with Crippen LogP contribution in [0, 0.1) is 5.82 Å². The molecule has 1 fully saturated rings. The lowest BCUT2D eigenvalue weighted by Gasteiger charge is -2.28. The van der Waals surface area contributed by atoms with E-state index in [1.54, 1.807) is 0 Å². The van der Waals surface area contributed by atoms with Crippen LogP contribution in [0.1, 0.15) is 32.6 Å². The van der Waals surface area contributed by atoms with Gasteiger partial charge in [-0.3, -0.25) is 14.2 Å². The minimum Gasteiger partial charge on any atom is -0.350 e. The molecule has 31 heavy (non-hydrogen) atoms. The van der Waals surface area contributed by atoms with E-state index in [1.165, 1.54) is 19.3 Å². The second-order valence-electron chi connectivity index (χ2n) is 7.62. The lowest BCUT2D eigenvalue weighted by molar-refractivity contribution is -0.201. The van der Waals surface area contributed by atoms with Crippen molar-refractivity contribution in [3.63, 3.8) is 0 Å². The van der Waals surface area contributed by atoms with E-state index in [0.717, 1.165) is 29.7 Å². The van der Waals surface area contributed by atoms with E-state index < -0.39 is 38.2 Å². The summed E-state index contributed by atoms with van der Waals surface area (Å²) in [4.78, 5) is 34.8. The second kappa shape index (κ2) is 9.31. The number of carbonyl (C=O) groups excluding carboxylic acids is 1. The van der Waals surface area contributed by atoms with Gasteiger partial charge in [-0.15, -0.1) is 0 Å². The molecule has 0 spiro atoms. The highest BCUT2D eigenvalue weighted by Crippen LogP contribution is 2.24. The van der Waals surface area contributed by atoms with Crippen LogP contribution < -0.4 is 11.0 Å². The highest BCUT2D eigenvalue weighted by Gasteiger charge is 2.44. The molecule has 12 heteroatoms. The lowest BCUT2D eigenvalue weighted by Crippen LogP contribution is -2.51. The first-order valence-corrected chi connectivity index (χ1v) is 12.3. The van der Waals surface area contributed by atoms with E-state index in [9.17, 15) is 22.4 Å². The lowest BCUT2D eigenvalue weighted by atomic mass is 10.1. The minimum atomic E-state index is -3.89. The molecule has 0 aliphatic carbocycles. The first-order chi connectivity index (χ1) is 14.5. The number of rotatable bonds is 7. The van der Waals surface area contributed by atoms with Crippen LogP contribution in [0.3, 0.4) is 0 Å². The maximum atomic E-state index is 13.9. The van der Waals surface area contributed by atoms with Gasteiger partial charge in [0.25, 0.3) is 11.5 Å². The van der Waals surface area contributed by atoms with Gasteiger partial charge in [0.05, 0.1) is 21.7 Å². The molecule has 1 aliphatic rings. The number of carbonyl (C=O) groups is 1. The van der Waals surface area contributed by atoms with Crippen LogP contribution in [-0.2, 0) is 30.8 Å². The Labute approximate surface area is 186 Å². The third kappa shape index (κ3) is 5.13. The molecule has 0 saturated carbocycles. The highest BCUT2D eigenvalue weighted by atomic mass is 79.9. The summed E-state index contributed by atoms with van der Waals surface area (Å²) in [6.07, 6.45) is 3.67. The van der Waals surface area contributed by atoms with Gasteiger partial charge in [0, 0.05) is 25.8 Å². The highest BCUT2D eigenvalue weighted by molar-refractivity contribution is 9.10. The van der Waals surface area contributed by atoms with Crippen molar-refractivity contribution in [3.05, 3.63) is 39.1 Å². The molecule has 1 aromatic carbocycles. The molecule has 1 aliphatic heterocycles. The van der Waals surface area contributed by atoms with E-state index in [4.69, 9.17) is 9.57 Å². The average Bonchev–Trinajstić information content (AvgIpc) is 2.72. The van der Waals surface area contributed by atoms with E-state index >= 15 is 0 Å². The number of hydrogen-bond donors (Lipinski definition) is 1. The standard InChI is InChI=1S/C19H23BrFN3O6S/c1-19(31(2,27)28,18(26)23-30-16-5-3-4-8-29-16)6-7-24-11-22-15-10-13(20)14(21)9-12(15)17(24)25/h9-11,16H,3-8H2,1-2H3,(H,23,26). The molecule has 0 bridgehead atoms. The van der Waals surface area contributed by atoms with Gasteiger partial charge in [-0.25, -0.2) is 28.1 Å². The molecule has 1 N–H and O–H groups in total. The Kier molecular flexibility index (Phi) is 7.14. The number of sulfone groups is 1. The molecule has 9 nitrogen and oxygen atoms in total. The molecule has 0 radical (unpaired) electrons. The topological polar surface area (TPSA) is 117 Å². The number of benzene rings is 1. The van der Waals surface area contributed by atoms with Gasteiger partial charge in [0.15, 0.2) is 20.9 Å². The van der Waals surface area contributed by atoms with Crippen molar-refractivity contribution in [2.45, 2.75) is 50.2 Å². The first-order valence-electron chi connectivity index (χ1n) is 9.64. The Morgan fingerprint density at radius 2 is 2.19 bits per heavy atom. The number of amides is 1.